The Balaban J connectivity index is 1.91. The van der Waals surface area contributed by atoms with Gasteiger partial charge in [0.15, 0.2) is 0 Å². The van der Waals surface area contributed by atoms with Crippen molar-refractivity contribution in [1.29, 1.82) is 0 Å². The standard InChI is InChI=1S/C12H21N3O4S/c1-13-7-8-14(9-11(13)16)12(17)10-3-5-15(6-4-10)20(2,18)19/h10H,3-9H2,1-2H3. The second-order valence-electron chi connectivity index (χ2n) is 5.51. The molecular formula is C12H21N3O4S. The Morgan fingerprint density at radius 1 is 1.15 bits per heavy atom. The molecule has 7 nitrogen and oxygen atoms in total. The maximum absolute atomic E-state index is 12.3. The fourth-order valence-corrected chi connectivity index (χ4v) is 3.51. The first-order valence-electron chi connectivity index (χ1n) is 6.77. The predicted molar refractivity (Wildman–Crippen MR) is 73.4 cm³/mol. The molecule has 0 aromatic carbocycles. The Labute approximate surface area is 119 Å². The number of carbonyl (C=O) groups excluding carboxylic acids is 2. The van der Waals surface area contributed by atoms with Crippen LogP contribution in [0.3, 0.4) is 0 Å². The van der Waals surface area contributed by atoms with Crippen molar-refractivity contribution in [1.82, 2.24) is 14.1 Å². The second-order valence-corrected chi connectivity index (χ2v) is 7.49. The number of carbonyl (C=O) groups is 2. The van der Waals surface area contributed by atoms with Gasteiger partial charge in [0, 0.05) is 39.1 Å². The molecule has 2 rings (SSSR count). The van der Waals surface area contributed by atoms with E-state index in [2.05, 4.69) is 0 Å². The number of piperazine rings is 1. The minimum absolute atomic E-state index is 0.0143. The molecule has 0 unspecified atom stereocenters. The van der Waals surface area contributed by atoms with Crippen LogP contribution in [0.15, 0.2) is 0 Å². The molecule has 0 aliphatic carbocycles. The molecule has 0 aromatic heterocycles. The summed E-state index contributed by atoms with van der Waals surface area (Å²) in [6, 6.07) is 0. The van der Waals surface area contributed by atoms with Crippen LogP contribution in [0.2, 0.25) is 0 Å². The van der Waals surface area contributed by atoms with Crippen molar-refractivity contribution in [2.75, 3.05) is 46.0 Å². The van der Waals surface area contributed by atoms with Crippen molar-refractivity contribution in [3.63, 3.8) is 0 Å². The zero-order valence-corrected chi connectivity index (χ0v) is 12.7. The highest BCUT2D eigenvalue weighted by Gasteiger charge is 2.33. The first-order valence-corrected chi connectivity index (χ1v) is 8.62. The Hall–Kier alpha value is -1.15. The molecule has 0 N–H and O–H groups in total. The zero-order chi connectivity index (χ0) is 14.9. The minimum atomic E-state index is -3.17. The van der Waals surface area contributed by atoms with E-state index in [0.717, 1.165) is 0 Å². The molecule has 0 radical (unpaired) electrons. The van der Waals surface area contributed by atoms with Gasteiger partial charge in [-0.1, -0.05) is 0 Å². The summed E-state index contributed by atoms with van der Waals surface area (Å²) >= 11 is 0. The Bertz CT molecular complexity index is 497. The van der Waals surface area contributed by atoms with E-state index in [-0.39, 0.29) is 24.3 Å². The van der Waals surface area contributed by atoms with Crippen LogP contribution in [0.25, 0.3) is 0 Å². The van der Waals surface area contributed by atoms with E-state index < -0.39 is 10.0 Å². The lowest BCUT2D eigenvalue weighted by Crippen LogP contribution is -2.53. The Kier molecular flexibility index (Phi) is 4.33. The number of hydrogen-bond acceptors (Lipinski definition) is 4. The summed E-state index contributed by atoms with van der Waals surface area (Å²) in [4.78, 5) is 27.2. The van der Waals surface area contributed by atoms with Crippen LogP contribution in [-0.2, 0) is 19.6 Å². The van der Waals surface area contributed by atoms with Crippen molar-refractivity contribution < 1.29 is 18.0 Å². The maximum Gasteiger partial charge on any atom is 0.241 e. The van der Waals surface area contributed by atoms with Gasteiger partial charge in [-0.2, -0.15) is 0 Å². The Morgan fingerprint density at radius 3 is 2.25 bits per heavy atom. The van der Waals surface area contributed by atoms with Gasteiger partial charge in [-0.05, 0) is 12.8 Å². The van der Waals surface area contributed by atoms with Crippen LogP contribution in [0.1, 0.15) is 12.8 Å². The normalized spacial score (nSPS) is 23.2. The number of sulfonamides is 1. The van der Waals surface area contributed by atoms with Gasteiger partial charge in [0.25, 0.3) is 0 Å². The highest BCUT2D eigenvalue weighted by atomic mass is 32.2. The van der Waals surface area contributed by atoms with Crippen LogP contribution in [0.5, 0.6) is 0 Å². The quantitative estimate of drug-likeness (QED) is 0.653. The van der Waals surface area contributed by atoms with Crippen LogP contribution in [0, 0.1) is 5.92 Å². The SMILES string of the molecule is CN1CCN(C(=O)C2CCN(S(C)(=O)=O)CC2)CC1=O. The fourth-order valence-electron chi connectivity index (χ4n) is 2.64. The summed E-state index contributed by atoms with van der Waals surface area (Å²) in [5.74, 6) is -0.220. The average molecular weight is 303 g/mol. The smallest absolute Gasteiger partial charge is 0.241 e. The van der Waals surface area contributed by atoms with E-state index >= 15 is 0 Å². The van der Waals surface area contributed by atoms with Gasteiger partial charge in [0.05, 0.1) is 12.8 Å². The van der Waals surface area contributed by atoms with Gasteiger partial charge >= 0.3 is 0 Å². The first kappa shape index (κ1) is 15.2. The molecule has 8 heteroatoms. The molecule has 114 valence electrons. The third kappa shape index (κ3) is 3.29. The number of hydrogen-bond donors (Lipinski definition) is 0. The van der Waals surface area contributed by atoms with Gasteiger partial charge in [-0.15, -0.1) is 0 Å². The van der Waals surface area contributed by atoms with Crippen molar-refractivity contribution in [2.45, 2.75) is 12.8 Å². The lowest BCUT2D eigenvalue weighted by Gasteiger charge is -2.36. The largest absolute Gasteiger partial charge is 0.342 e. The summed E-state index contributed by atoms with van der Waals surface area (Å²) in [7, 11) is -1.44. The lowest BCUT2D eigenvalue weighted by molar-refractivity contribution is -0.147. The summed E-state index contributed by atoms with van der Waals surface area (Å²) in [6.07, 6.45) is 2.26. The summed E-state index contributed by atoms with van der Waals surface area (Å²) in [6.45, 7) is 2.04. The van der Waals surface area contributed by atoms with E-state index in [1.807, 2.05) is 0 Å². The van der Waals surface area contributed by atoms with Gasteiger partial charge < -0.3 is 9.80 Å². The third-order valence-corrected chi connectivity index (χ3v) is 5.34. The maximum atomic E-state index is 12.3. The zero-order valence-electron chi connectivity index (χ0n) is 11.9. The first-order chi connectivity index (χ1) is 9.29. The summed E-state index contributed by atoms with van der Waals surface area (Å²) < 4.78 is 24.3. The predicted octanol–water partition coefficient (Wildman–Crippen LogP) is -1.04. The van der Waals surface area contributed by atoms with Crippen molar-refractivity contribution in [3.8, 4) is 0 Å². The number of likely N-dealkylation sites (N-methyl/N-ethyl adjacent to an activating group) is 1. The Morgan fingerprint density at radius 2 is 1.75 bits per heavy atom. The van der Waals surface area contributed by atoms with Crippen LogP contribution >= 0.6 is 0 Å². The number of piperidine rings is 1. The van der Waals surface area contributed by atoms with Crippen molar-refractivity contribution >= 4 is 21.8 Å². The molecule has 2 fully saturated rings. The van der Waals surface area contributed by atoms with Crippen molar-refractivity contribution in [2.24, 2.45) is 5.92 Å². The molecule has 0 aromatic rings. The molecule has 2 aliphatic rings. The van der Waals surface area contributed by atoms with E-state index in [9.17, 15) is 18.0 Å². The fraction of sp³-hybridized carbons (Fsp3) is 0.833. The highest BCUT2D eigenvalue weighted by Crippen LogP contribution is 2.22. The second kappa shape index (κ2) is 5.69. The van der Waals surface area contributed by atoms with Gasteiger partial charge in [0.1, 0.15) is 0 Å². The molecule has 0 spiro atoms. The van der Waals surface area contributed by atoms with E-state index in [1.54, 1.807) is 16.8 Å². The van der Waals surface area contributed by atoms with Gasteiger partial charge in [0.2, 0.25) is 21.8 Å². The molecular weight excluding hydrogens is 282 g/mol. The molecule has 2 saturated heterocycles. The lowest BCUT2D eigenvalue weighted by atomic mass is 9.96. The molecule has 20 heavy (non-hydrogen) atoms. The molecule has 2 heterocycles. The monoisotopic (exact) mass is 303 g/mol. The highest BCUT2D eigenvalue weighted by molar-refractivity contribution is 7.88. The van der Waals surface area contributed by atoms with E-state index in [4.69, 9.17) is 0 Å². The number of rotatable bonds is 2. The van der Waals surface area contributed by atoms with Crippen LogP contribution in [-0.4, -0.2) is 80.4 Å². The van der Waals surface area contributed by atoms with Crippen molar-refractivity contribution in [3.05, 3.63) is 0 Å². The van der Waals surface area contributed by atoms with Gasteiger partial charge in [-0.3, -0.25) is 9.59 Å². The third-order valence-electron chi connectivity index (χ3n) is 4.04. The minimum Gasteiger partial charge on any atom is -0.342 e. The van der Waals surface area contributed by atoms with E-state index in [0.29, 0.717) is 39.0 Å². The van der Waals surface area contributed by atoms with E-state index in [1.165, 1.54) is 10.6 Å². The average Bonchev–Trinajstić information content (AvgIpc) is 2.40. The summed E-state index contributed by atoms with van der Waals surface area (Å²) in [5, 5.41) is 0. The van der Waals surface area contributed by atoms with Gasteiger partial charge in [-0.25, -0.2) is 12.7 Å². The topological polar surface area (TPSA) is 78.0 Å². The molecule has 2 amide bonds. The molecule has 0 saturated carbocycles. The number of amides is 2. The molecule has 0 bridgehead atoms. The van der Waals surface area contributed by atoms with Crippen LogP contribution < -0.4 is 0 Å². The molecule has 2 aliphatic heterocycles. The summed E-state index contributed by atoms with van der Waals surface area (Å²) in [5.41, 5.74) is 0. The molecule has 0 atom stereocenters. The van der Waals surface area contributed by atoms with Crippen LogP contribution in [0.4, 0.5) is 0 Å². The number of nitrogens with zero attached hydrogens (tertiary/aromatic N) is 3.